The van der Waals surface area contributed by atoms with Crippen LogP contribution in [0.3, 0.4) is 0 Å². The van der Waals surface area contributed by atoms with Crippen LogP contribution in [0.25, 0.3) is 0 Å². The van der Waals surface area contributed by atoms with Gasteiger partial charge in [-0.05, 0) is 18.2 Å². The maximum Gasteiger partial charge on any atom is 0.402 e. The molecule has 9 heteroatoms. The summed E-state index contributed by atoms with van der Waals surface area (Å²) in [6.45, 7) is -1.66. The summed E-state index contributed by atoms with van der Waals surface area (Å²) in [5.74, 6) is 0. The predicted molar refractivity (Wildman–Crippen MR) is 62.5 cm³/mol. The Hall–Kier alpha value is -1.79. The summed E-state index contributed by atoms with van der Waals surface area (Å²) >= 11 is 0. The van der Waals surface area contributed by atoms with Gasteiger partial charge in [-0.15, -0.1) is 0 Å². The van der Waals surface area contributed by atoms with Crippen molar-refractivity contribution in [3.8, 4) is 6.07 Å². The fourth-order valence-corrected chi connectivity index (χ4v) is 2.11. The van der Waals surface area contributed by atoms with E-state index in [1.165, 1.54) is 29.0 Å². The summed E-state index contributed by atoms with van der Waals surface area (Å²) in [6.07, 6.45) is -4.64. The molecule has 0 saturated carbocycles. The Morgan fingerprint density at radius 1 is 1.42 bits per heavy atom. The summed E-state index contributed by atoms with van der Waals surface area (Å²) in [5.41, 5.74) is 0.295. The molecular weight excluding hydrogens is 283 g/mol. The van der Waals surface area contributed by atoms with E-state index in [1.807, 2.05) is 6.07 Å². The van der Waals surface area contributed by atoms with Crippen molar-refractivity contribution in [2.24, 2.45) is 0 Å². The first-order valence-corrected chi connectivity index (χ1v) is 6.40. The third-order valence-electron chi connectivity index (χ3n) is 2.15. The Labute approximate surface area is 108 Å². The maximum absolute atomic E-state index is 12.0. The molecule has 104 valence electrons. The SMILES string of the molecule is CN(c1cccc(C#N)c1)S(=O)(=O)NCC(F)(F)F. The zero-order valence-corrected chi connectivity index (χ0v) is 10.6. The normalized spacial score (nSPS) is 11.9. The highest BCUT2D eigenvalue weighted by molar-refractivity contribution is 7.90. The molecule has 0 unspecified atom stereocenters. The number of nitrogens with zero attached hydrogens (tertiary/aromatic N) is 2. The van der Waals surface area contributed by atoms with Crippen LogP contribution in [0.1, 0.15) is 5.56 Å². The maximum atomic E-state index is 12.0. The number of alkyl halides is 3. The van der Waals surface area contributed by atoms with E-state index in [-0.39, 0.29) is 11.3 Å². The van der Waals surface area contributed by atoms with E-state index in [9.17, 15) is 21.6 Å². The first-order valence-electron chi connectivity index (χ1n) is 4.96. The van der Waals surface area contributed by atoms with Crippen LogP contribution in [0.5, 0.6) is 0 Å². The predicted octanol–water partition coefficient (Wildman–Crippen LogP) is 1.39. The van der Waals surface area contributed by atoms with E-state index in [4.69, 9.17) is 5.26 Å². The lowest BCUT2D eigenvalue weighted by Crippen LogP contribution is -2.42. The van der Waals surface area contributed by atoms with Crippen LogP contribution in [0.2, 0.25) is 0 Å². The van der Waals surface area contributed by atoms with Crippen molar-refractivity contribution in [1.82, 2.24) is 4.72 Å². The molecule has 0 atom stereocenters. The Kier molecular flexibility index (Phi) is 4.39. The van der Waals surface area contributed by atoms with Crippen molar-refractivity contribution in [1.29, 1.82) is 5.26 Å². The molecule has 0 aromatic heterocycles. The molecule has 0 spiro atoms. The second kappa shape index (κ2) is 5.46. The van der Waals surface area contributed by atoms with Crippen LogP contribution >= 0.6 is 0 Å². The third-order valence-corrected chi connectivity index (χ3v) is 3.60. The molecule has 0 amide bonds. The molecule has 19 heavy (non-hydrogen) atoms. The van der Waals surface area contributed by atoms with E-state index in [0.717, 1.165) is 7.05 Å². The molecule has 0 saturated heterocycles. The van der Waals surface area contributed by atoms with Gasteiger partial charge in [0.25, 0.3) is 0 Å². The zero-order chi connectivity index (χ0) is 14.7. The number of halogens is 3. The molecule has 1 rings (SSSR count). The minimum atomic E-state index is -4.64. The highest BCUT2D eigenvalue weighted by Gasteiger charge is 2.31. The zero-order valence-electron chi connectivity index (χ0n) is 9.77. The average Bonchev–Trinajstić information content (AvgIpc) is 2.35. The van der Waals surface area contributed by atoms with Gasteiger partial charge in [-0.2, -0.15) is 31.6 Å². The van der Waals surface area contributed by atoms with Gasteiger partial charge in [-0.1, -0.05) is 6.07 Å². The molecular formula is C10H10F3N3O2S. The molecule has 5 nitrogen and oxygen atoms in total. The molecule has 0 bridgehead atoms. The molecule has 1 aromatic rings. The quantitative estimate of drug-likeness (QED) is 0.911. The number of hydrogen-bond acceptors (Lipinski definition) is 3. The number of nitrogens with one attached hydrogen (secondary N) is 1. The molecule has 0 aliphatic carbocycles. The van der Waals surface area contributed by atoms with Gasteiger partial charge >= 0.3 is 16.4 Å². The molecule has 1 N–H and O–H groups in total. The number of anilines is 1. The van der Waals surface area contributed by atoms with E-state index in [0.29, 0.717) is 4.31 Å². The minimum Gasteiger partial charge on any atom is -0.261 e. The Bertz CT molecular complexity index is 593. The van der Waals surface area contributed by atoms with Gasteiger partial charge in [0.05, 0.1) is 17.3 Å². The lowest BCUT2D eigenvalue weighted by atomic mass is 10.2. The van der Waals surface area contributed by atoms with Crippen LogP contribution in [-0.4, -0.2) is 28.2 Å². The van der Waals surface area contributed by atoms with Crippen molar-refractivity contribution in [3.05, 3.63) is 29.8 Å². The summed E-state index contributed by atoms with van der Waals surface area (Å²) < 4.78 is 61.2. The number of nitriles is 1. The topological polar surface area (TPSA) is 73.2 Å². The fourth-order valence-electron chi connectivity index (χ4n) is 1.18. The van der Waals surface area contributed by atoms with Crippen LogP contribution in [0, 0.1) is 11.3 Å². The molecule has 0 radical (unpaired) electrons. The summed E-state index contributed by atoms with van der Waals surface area (Å²) in [4.78, 5) is 0. The van der Waals surface area contributed by atoms with E-state index < -0.39 is 22.9 Å². The van der Waals surface area contributed by atoms with Gasteiger partial charge < -0.3 is 0 Å². The number of rotatable bonds is 4. The Morgan fingerprint density at radius 2 is 2.05 bits per heavy atom. The fraction of sp³-hybridized carbons (Fsp3) is 0.300. The van der Waals surface area contributed by atoms with Crippen LogP contribution in [0.4, 0.5) is 18.9 Å². The van der Waals surface area contributed by atoms with E-state index >= 15 is 0 Å². The summed E-state index contributed by atoms with van der Waals surface area (Å²) in [6, 6.07) is 7.32. The smallest absolute Gasteiger partial charge is 0.261 e. The molecule has 0 heterocycles. The third kappa shape index (κ3) is 4.42. The van der Waals surface area contributed by atoms with Gasteiger partial charge in [0.15, 0.2) is 0 Å². The van der Waals surface area contributed by atoms with Crippen molar-refractivity contribution >= 4 is 15.9 Å². The van der Waals surface area contributed by atoms with Crippen molar-refractivity contribution in [2.75, 3.05) is 17.9 Å². The van der Waals surface area contributed by atoms with Crippen molar-refractivity contribution in [2.45, 2.75) is 6.18 Å². The highest BCUT2D eigenvalue weighted by atomic mass is 32.2. The minimum absolute atomic E-state index is 0.0914. The van der Waals surface area contributed by atoms with Crippen LogP contribution in [-0.2, 0) is 10.2 Å². The largest absolute Gasteiger partial charge is 0.402 e. The second-order valence-corrected chi connectivity index (χ2v) is 5.36. The average molecular weight is 293 g/mol. The van der Waals surface area contributed by atoms with Crippen LogP contribution in [0.15, 0.2) is 24.3 Å². The second-order valence-electron chi connectivity index (χ2n) is 3.57. The molecule has 0 aliphatic heterocycles. The van der Waals surface area contributed by atoms with E-state index in [1.54, 1.807) is 0 Å². The summed E-state index contributed by atoms with van der Waals surface area (Å²) in [5, 5.41) is 8.67. The number of hydrogen-bond donors (Lipinski definition) is 1. The monoisotopic (exact) mass is 293 g/mol. The van der Waals surface area contributed by atoms with Crippen LogP contribution < -0.4 is 9.03 Å². The lowest BCUT2D eigenvalue weighted by Gasteiger charge is -2.20. The molecule has 0 aliphatic rings. The lowest BCUT2D eigenvalue weighted by molar-refractivity contribution is -0.121. The molecule has 0 fully saturated rings. The van der Waals surface area contributed by atoms with Gasteiger partial charge in [0.2, 0.25) is 0 Å². The van der Waals surface area contributed by atoms with Crippen molar-refractivity contribution in [3.63, 3.8) is 0 Å². The Balaban J connectivity index is 2.92. The Morgan fingerprint density at radius 3 is 2.58 bits per heavy atom. The van der Waals surface area contributed by atoms with Gasteiger partial charge in [0, 0.05) is 7.05 Å². The van der Waals surface area contributed by atoms with Gasteiger partial charge in [-0.3, -0.25) is 4.31 Å². The van der Waals surface area contributed by atoms with Gasteiger partial charge in [0.1, 0.15) is 6.54 Å². The first-order chi connectivity index (χ1) is 8.65. The van der Waals surface area contributed by atoms with Crippen molar-refractivity contribution < 1.29 is 21.6 Å². The number of benzene rings is 1. The standard InChI is InChI=1S/C10H10F3N3O2S/c1-16(9-4-2-3-8(5-9)6-14)19(17,18)15-7-10(11,12)13/h2-5,15H,7H2,1H3. The molecule has 1 aromatic carbocycles. The van der Waals surface area contributed by atoms with Gasteiger partial charge in [-0.25, -0.2) is 0 Å². The first kappa shape index (κ1) is 15.3. The van der Waals surface area contributed by atoms with E-state index in [2.05, 4.69) is 0 Å². The summed E-state index contributed by atoms with van der Waals surface area (Å²) in [7, 11) is -3.23. The highest BCUT2D eigenvalue weighted by Crippen LogP contribution is 2.18.